The molecule has 0 aromatic heterocycles. The standard InChI is InChI=1S/C18H19NO4/c1-2-14-5-3-4-6-16(14)19-17(21)12-23-18(22)15-9-7-13(11-20)8-10-15/h3-10,20H,2,11-12H2,1H3,(H,19,21). The summed E-state index contributed by atoms with van der Waals surface area (Å²) in [5, 5.41) is 11.7. The molecule has 0 heterocycles. The molecule has 0 bridgehead atoms. The van der Waals surface area contributed by atoms with Gasteiger partial charge in [0, 0.05) is 5.69 Å². The highest BCUT2D eigenvalue weighted by atomic mass is 16.5. The second-order valence-corrected chi connectivity index (χ2v) is 4.99. The van der Waals surface area contributed by atoms with Crippen LogP contribution < -0.4 is 5.32 Å². The van der Waals surface area contributed by atoms with Crippen LogP contribution in [0.3, 0.4) is 0 Å². The Labute approximate surface area is 134 Å². The lowest BCUT2D eigenvalue weighted by molar-refractivity contribution is -0.119. The Hall–Kier alpha value is -2.66. The molecule has 0 spiro atoms. The van der Waals surface area contributed by atoms with E-state index in [0.717, 1.165) is 17.7 Å². The Kier molecular flexibility index (Phi) is 5.88. The summed E-state index contributed by atoms with van der Waals surface area (Å²) in [7, 11) is 0. The largest absolute Gasteiger partial charge is 0.452 e. The fraction of sp³-hybridized carbons (Fsp3) is 0.222. The second-order valence-electron chi connectivity index (χ2n) is 4.99. The molecule has 2 N–H and O–H groups in total. The summed E-state index contributed by atoms with van der Waals surface area (Å²) >= 11 is 0. The van der Waals surface area contributed by atoms with E-state index in [-0.39, 0.29) is 19.1 Å². The first-order chi connectivity index (χ1) is 11.1. The number of esters is 1. The predicted octanol–water partition coefficient (Wildman–Crippen LogP) is 2.54. The zero-order valence-electron chi connectivity index (χ0n) is 12.9. The SMILES string of the molecule is CCc1ccccc1NC(=O)COC(=O)c1ccc(CO)cc1. The van der Waals surface area contributed by atoms with E-state index in [0.29, 0.717) is 11.1 Å². The van der Waals surface area contributed by atoms with Gasteiger partial charge in [0.2, 0.25) is 0 Å². The van der Waals surface area contributed by atoms with Crippen LogP contribution in [0.4, 0.5) is 5.69 Å². The van der Waals surface area contributed by atoms with Crippen molar-refractivity contribution in [3.8, 4) is 0 Å². The van der Waals surface area contributed by atoms with E-state index in [9.17, 15) is 9.59 Å². The van der Waals surface area contributed by atoms with Crippen LogP contribution in [-0.2, 0) is 22.6 Å². The third kappa shape index (κ3) is 4.66. The van der Waals surface area contributed by atoms with Gasteiger partial charge in [-0.3, -0.25) is 4.79 Å². The molecule has 0 aliphatic rings. The summed E-state index contributed by atoms with van der Waals surface area (Å²) in [5.41, 5.74) is 2.79. The number of aryl methyl sites for hydroxylation is 1. The summed E-state index contributed by atoms with van der Waals surface area (Å²) in [6.07, 6.45) is 0.799. The molecule has 120 valence electrons. The number of carbonyl (C=O) groups excluding carboxylic acids is 2. The van der Waals surface area contributed by atoms with Crippen molar-refractivity contribution in [2.75, 3.05) is 11.9 Å². The third-order valence-electron chi connectivity index (χ3n) is 3.38. The van der Waals surface area contributed by atoms with Gasteiger partial charge in [-0.05, 0) is 35.7 Å². The monoisotopic (exact) mass is 313 g/mol. The van der Waals surface area contributed by atoms with Crippen LogP contribution in [0.15, 0.2) is 48.5 Å². The molecule has 23 heavy (non-hydrogen) atoms. The van der Waals surface area contributed by atoms with E-state index in [1.165, 1.54) is 0 Å². The number of aliphatic hydroxyl groups is 1. The van der Waals surface area contributed by atoms with Crippen molar-refractivity contribution in [3.05, 3.63) is 65.2 Å². The van der Waals surface area contributed by atoms with Gasteiger partial charge in [-0.2, -0.15) is 0 Å². The zero-order valence-corrected chi connectivity index (χ0v) is 12.9. The molecule has 2 aromatic rings. The first kappa shape index (κ1) is 16.7. The maximum Gasteiger partial charge on any atom is 0.338 e. The molecule has 5 heteroatoms. The van der Waals surface area contributed by atoms with E-state index in [4.69, 9.17) is 9.84 Å². The van der Waals surface area contributed by atoms with Crippen LogP contribution >= 0.6 is 0 Å². The normalized spacial score (nSPS) is 10.2. The highest BCUT2D eigenvalue weighted by Crippen LogP contribution is 2.15. The molecule has 0 radical (unpaired) electrons. The van der Waals surface area contributed by atoms with Gasteiger partial charge in [0.05, 0.1) is 12.2 Å². The van der Waals surface area contributed by atoms with Gasteiger partial charge in [0.25, 0.3) is 5.91 Å². The van der Waals surface area contributed by atoms with Gasteiger partial charge >= 0.3 is 5.97 Å². The van der Waals surface area contributed by atoms with Gasteiger partial charge in [0.1, 0.15) is 0 Å². The van der Waals surface area contributed by atoms with Gasteiger partial charge in [-0.1, -0.05) is 37.3 Å². The fourth-order valence-corrected chi connectivity index (χ4v) is 2.10. The second kappa shape index (κ2) is 8.10. The topological polar surface area (TPSA) is 75.6 Å². The molecule has 0 unspecified atom stereocenters. The van der Waals surface area contributed by atoms with E-state index >= 15 is 0 Å². The average Bonchev–Trinajstić information content (AvgIpc) is 2.60. The highest BCUT2D eigenvalue weighted by molar-refractivity contribution is 5.95. The number of rotatable bonds is 6. The van der Waals surface area contributed by atoms with Crippen molar-refractivity contribution in [2.24, 2.45) is 0 Å². The number of para-hydroxylation sites is 1. The van der Waals surface area contributed by atoms with E-state index < -0.39 is 5.97 Å². The van der Waals surface area contributed by atoms with E-state index in [1.807, 2.05) is 31.2 Å². The lowest BCUT2D eigenvalue weighted by Gasteiger charge is -2.10. The third-order valence-corrected chi connectivity index (χ3v) is 3.38. The molecule has 0 aliphatic carbocycles. The Bertz CT molecular complexity index is 680. The molecule has 2 rings (SSSR count). The molecule has 0 saturated carbocycles. The number of anilines is 1. The van der Waals surface area contributed by atoms with Crippen LogP contribution in [0.1, 0.15) is 28.4 Å². The van der Waals surface area contributed by atoms with Crippen molar-refractivity contribution in [1.82, 2.24) is 0 Å². The maximum atomic E-state index is 11.9. The minimum Gasteiger partial charge on any atom is -0.452 e. The number of hydrogen-bond donors (Lipinski definition) is 2. The van der Waals surface area contributed by atoms with Crippen molar-refractivity contribution in [3.63, 3.8) is 0 Å². The number of ether oxygens (including phenoxy) is 1. The highest BCUT2D eigenvalue weighted by Gasteiger charge is 2.11. The fourth-order valence-electron chi connectivity index (χ4n) is 2.10. The molecule has 5 nitrogen and oxygen atoms in total. The first-order valence-electron chi connectivity index (χ1n) is 7.38. The molecule has 0 saturated heterocycles. The van der Waals surface area contributed by atoms with Crippen molar-refractivity contribution < 1.29 is 19.4 Å². The number of amides is 1. The molecule has 0 atom stereocenters. The van der Waals surface area contributed by atoms with Crippen molar-refractivity contribution >= 4 is 17.6 Å². The Balaban J connectivity index is 1.89. The number of carbonyl (C=O) groups is 2. The van der Waals surface area contributed by atoms with E-state index in [1.54, 1.807) is 24.3 Å². The minimum absolute atomic E-state index is 0.0887. The maximum absolute atomic E-state index is 11.9. The average molecular weight is 313 g/mol. The summed E-state index contributed by atoms with van der Waals surface area (Å²) in [6.45, 7) is 1.56. The number of hydrogen-bond acceptors (Lipinski definition) is 4. The van der Waals surface area contributed by atoms with E-state index in [2.05, 4.69) is 5.32 Å². The van der Waals surface area contributed by atoms with Crippen LogP contribution in [-0.4, -0.2) is 23.6 Å². The number of aliphatic hydroxyl groups excluding tert-OH is 1. The number of benzene rings is 2. The summed E-state index contributed by atoms with van der Waals surface area (Å²) in [6, 6.07) is 13.9. The Morgan fingerprint density at radius 2 is 1.78 bits per heavy atom. The van der Waals surface area contributed by atoms with Crippen LogP contribution in [0.25, 0.3) is 0 Å². The Morgan fingerprint density at radius 3 is 2.43 bits per heavy atom. The summed E-state index contributed by atoms with van der Waals surface area (Å²) in [5.74, 6) is -0.959. The van der Waals surface area contributed by atoms with Crippen LogP contribution in [0, 0.1) is 0 Å². The van der Waals surface area contributed by atoms with Gasteiger partial charge < -0.3 is 15.2 Å². The van der Waals surface area contributed by atoms with Gasteiger partial charge in [-0.25, -0.2) is 4.79 Å². The molecular formula is C18H19NO4. The quantitative estimate of drug-likeness (QED) is 0.804. The predicted molar refractivity (Wildman–Crippen MR) is 87.1 cm³/mol. The molecule has 0 fully saturated rings. The van der Waals surface area contributed by atoms with Gasteiger partial charge in [0.15, 0.2) is 6.61 Å². The van der Waals surface area contributed by atoms with Gasteiger partial charge in [-0.15, -0.1) is 0 Å². The molecule has 2 aromatic carbocycles. The van der Waals surface area contributed by atoms with Crippen LogP contribution in [0.2, 0.25) is 0 Å². The Morgan fingerprint density at radius 1 is 1.09 bits per heavy atom. The zero-order chi connectivity index (χ0) is 16.7. The lowest BCUT2D eigenvalue weighted by atomic mass is 10.1. The van der Waals surface area contributed by atoms with Crippen molar-refractivity contribution in [1.29, 1.82) is 0 Å². The summed E-state index contributed by atoms with van der Waals surface area (Å²) in [4.78, 5) is 23.8. The molecule has 1 amide bonds. The summed E-state index contributed by atoms with van der Waals surface area (Å²) < 4.78 is 5.00. The number of nitrogens with one attached hydrogen (secondary N) is 1. The minimum atomic E-state index is -0.576. The smallest absolute Gasteiger partial charge is 0.338 e. The van der Waals surface area contributed by atoms with Crippen molar-refractivity contribution in [2.45, 2.75) is 20.0 Å². The molecular weight excluding hydrogens is 294 g/mol. The lowest BCUT2D eigenvalue weighted by Crippen LogP contribution is -2.21. The van der Waals surface area contributed by atoms with Crippen LogP contribution in [0.5, 0.6) is 0 Å². The first-order valence-corrected chi connectivity index (χ1v) is 7.38. The molecule has 0 aliphatic heterocycles.